The van der Waals surface area contributed by atoms with Gasteiger partial charge in [-0.05, 0) is 47.9 Å². The molecule has 0 radical (unpaired) electrons. The fraction of sp³-hybridized carbons (Fsp3) is 0.125. The summed E-state index contributed by atoms with van der Waals surface area (Å²) in [4.78, 5) is 0.485. The molecule has 1 aromatic carbocycles. The number of aromatic nitrogens is 2. The minimum atomic E-state index is -4.78. The summed E-state index contributed by atoms with van der Waals surface area (Å²) in [6, 6.07) is 9.70. The summed E-state index contributed by atoms with van der Waals surface area (Å²) in [6.07, 6.45) is -4.78. The number of halogens is 3. The third-order valence-corrected chi connectivity index (χ3v) is 4.48. The highest BCUT2D eigenvalue weighted by molar-refractivity contribution is 7.80. The molecule has 6 nitrogen and oxygen atoms in total. The van der Waals surface area contributed by atoms with E-state index in [2.05, 4.69) is 15.3 Å². The van der Waals surface area contributed by atoms with Gasteiger partial charge in [-0.25, -0.2) is 0 Å². The van der Waals surface area contributed by atoms with E-state index < -0.39 is 22.7 Å². The number of benzene rings is 1. The lowest BCUT2D eigenvalue weighted by atomic mass is 10.2. The molecule has 0 aliphatic heterocycles. The number of azo groups is 1. The van der Waals surface area contributed by atoms with Crippen LogP contribution in [0.25, 0.3) is 10.6 Å². The summed E-state index contributed by atoms with van der Waals surface area (Å²) < 4.78 is 46.5. The fourth-order valence-electron chi connectivity index (χ4n) is 2.25. The number of methoxy groups -OCH3 is 1. The molecule has 0 saturated carbocycles. The van der Waals surface area contributed by atoms with Crippen molar-refractivity contribution in [3.8, 4) is 16.3 Å². The Kier molecular flexibility index (Phi) is 5.24. The van der Waals surface area contributed by atoms with Crippen LogP contribution in [0.15, 0.2) is 52.0 Å². The molecule has 11 heteroatoms. The molecular weight excluding hydrogens is 399 g/mol. The van der Waals surface area contributed by atoms with Gasteiger partial charge in [-0.1, -0.05) is 6.07 Å². The zero-order valence-corrected chi connectivity index (χ0v) is 15.4. The molecular formula is C16H12F3N5OS2. The minimum absolute atomic E-state index is 0.00221. The summed E-state index contributed by atoms with van der Waals surface area (Å²) in [5.41, 5.74) is 4.17. The summed E-state index contributed by atoms with van der Waals surface area (Å²) in [6.45, 7) is 0. The van der Waals surface area contributed by atoms with Crippen LogP contribution in [0, 0.1) is 0 Å². The van der Waals surface area contributed by atoms with Crippen molar-refractivity contribution in [2.45, 2.75) is 6.18 Å². The van der Waals surface area contributed by atoms with Gasteiger partial charge in [0.25, 0.3) is 0 Å². The second-order valence-corrected chi connectivity index (χ2v) is 6.53. The lowest BCUT2D eigenvalue weighted by molar-refractivity contribution is -0.141. The highest BCUT2D eigenvalue weighted by Gasteiger charge is 2.41. The molecule has 0 unspecified atom stereocenters. The van der Waals surface area contributed by atoms with E-state index in [4.69, 9.17) is 22.7 Å². The average molecular weight is 411 g/mol. The van der Waals surface area contributed by atoms with Gasteiger partial charge < -0.3 is 10.5 Å². The molecule has 3 rings (SSSR count). The zero-order chi connectivity index (χ0) is 19.6. The average Bonchev–Trinajstić information content (AvgIpc) is 3.27. The van der Waals surface area contributed by atoms with Crippen LogP contribution in [-0.2, 0) is 6.18 Å². The summed E-state index contributed by atoms with van der Waals surface area (Å²) in [7, 11) is 1.50. The maximum atomic E-state index is 13.7. The maximum Gasteiger partial charge on any atom is 0.435 e. The van der Waals surface area contributed by atoms with Crippen molar-refractivity contribution in [1.82, 2.24) is 9.78 Å². The lowest BCUT2D eigenvalue weighted by Gasteiger charge is -2.09. The Morgan fingerprint density at radius 1 is 1.22 bits per heavy atom. The number of hydrogen-bond acceptors (Lipinski definition) is 6. The van der Waals surface area contributed by atoms with Crippen LogP contribution in [0.3, 0.4) is 0 Å². The molecule has 2 aromatic heterocycles. The topological polar surface area (TPSA) is 77.8 Å². The number of nitrogens with two attached hydrogens (primary N) is 1. The quantitative estimate of drug-likeness (QED) is 0.476. The maximum absolute atomic E-state index is 13.7. The molecule has 0 aliphatic rings. The van der Waals surface area contributed by atoms with Crippen molar-refractivity contribution in [3.05, 3.63) is 47.5 Å². The molecule has 0 atom stereocenters. The Balaban J connectivity index is 2.16. The van der Waals surface area contributed by atoms with Crippen LogP contribution in [0.1, 0.15) is 5.69 Å². The van der Waals surface area contributed by atoms with Crippen LogP contribution in [0.2, 0.25) is 0 Å². The molecule has 0 saturated heterocycles. The van der Waals surface area contributed by atoms with E-state index in [1.807, 2.05) is 0 Å². The highest BCUT2D eigenvalue weighted by Crippen LogP contribution is 2.43. The molecule has 2 heterocycles. The van der Waals surface area contributed by atoms with Crippen LogP contribution >= 0.6 is 23.6 Å². The van der Waals surface area contributed by atoms with E-state index >= 15 is 0 Å². The van der Waals surface area contributed by atoms with E-state index in [-0.39, 0.29) is 5.69 Å². The Morgan fingerprint density at radius 2 is 1.93 bits per heavy atom. The summed E-state index contributed by atoms with van der Waals surface area (Å²) >= 11 is 5.94. The van der Waals surface area contributed by atoms with Crippen molar-refractivity contribution in [1.29, 1.82) is 0 Å². The van der Waals surface area contributed by atoms with Crippen molar-refractivity contribution in [2.75, 3.05) is 7.11 Å². The molecule has 2 N–H and O–H groups in total. The normalized spacial score (nSPS) is 11.9. The van der Waals surface area contributed by atoms with E-state index in [0.29, 0.717) is 21.0 Å². The number of nitrogens with zero attached hydrogens (tertiary/aromatic N) is 4. The van der Waals surface area contributed by atoms with E-state index in [1.54, 1.807) is 41.8 Å². The number of hydrogen-bond donors (Lipinski definition) is 1. The molecule has 3 aromatic rings. The van der Waals surface area contributed by atoms with Gasteiger partial charge >= 0.3 is 6.18 Å². The number of ether oxygens (including phenoxy) is 1. The SMILES string of the molecule is COc1ccc(N=Nc2c(-c3cccs3)nn(C(N)=S)c2C(F)(F)F)cc1. The molecule has 0 fully saturated rings. The molecule has 0 bridgehead atoms. The number of thiocarbonyl (C=S) groups is 1. The molecule has 0 spiro atoms. The predicted molar refractivity (Wildman–Crippen MR) is 99.9 cm³/mol. The lowest BCUT2D eigenvalue weighted by Crippen LogP contribution is -2.26. The number of thiophene rings is 1. The monoisotopic (exact) mass is 411 g/mol. The second-order valence-electron chi connectivity index (χ2n) is 5.17. The van der Waals surface area contributed by atoms with Gasteiger partial charge in [-0.2, -0.15) is 28.1 Å². The van der Waals surface area contributed by atoms with Crippen LogP contribution in [0.4, 0.5) is 24.5 Å². The first-order chi connectivity index (χ1) is 12.8. The molecule has 140 valence electrons. The van der Waals surface area contributed by atoms with Gasteiger partial charge in [-0.15, -0.1) is 16.5 Å². The van der Waals surface area contributed by atoms with Gasteiger partial charge in [0.1, 0.15) is 17.1 Å². The van der Waals surface area contributed by atoms with Crippen molar-refractivity contribution >= 4 is 40.0 Å². The zero-order valence-electron chi connectivity index (χ0n) is 13.8. The Bertz CT molecular complexity index is 979. The van der Waals surface area contributed by atoms with Crippen molar-refractivity contribution in [2.24, 2.45) is 16.0 Å². The van der Waals surface area contributed by atoms with Gasteiger partial charge in [0.15, 0.2) is 10.8 Å². The van der Waals surface area contributed by atoms with Gasteiger partial charge in [0, 0.05) is 0 Å². The number of rotatable bonds is 4. The van der Waals surface area contributed by atoms with Crippen molar-refractivity contribution in [3.63, 3.8) is 0 Å². The standard InChI is InChI=1S/C16H12F3N5OS2/c1-25-10-6-4-9(5-7-10)21-22-13-12(11-3-2-8-27-11)23-24(15(20)26)14(13)16(17,18)19/h2-8H,1H3,(H2,20,26). The Morgan fingerprint density at radius 3 is 2.44 bits per heavy atom. The van der Waals surface area contributed by atoms with E-state index in [9.17, 15) is 13.2 Å². The van der Waals surface area contributed by atoms with Crippen molar-refractivity contribution < 1.29 is 17.9 Å². The first-order valence-electron chi connectivity index (χ1n) is 7.41. The van der Waals surface area contributed by atoms with Gasteiger partial charge in [-0.3, -0.25) is 0 Å². The minimum Gasteiger partial charge on any atom is -0.497 e. The Hall–Kier alpha value is -2.79. The molecule has 0 aliphatic carbocycles. The van der Waals surface area contributed by atoms with Gasteiger partial charge in [0.05, 0.1) is 17.7 Å². The smallest absolute Gasteiger partial charge is 0.435 e. The molecule has 27 heavy (non-hydrogen) atoms. The predicted octanol–water partition coefficient (Wildman–Crippen LogP) is 5.15. The third-order valence-electron chi connectivity index (χ3n) is 3.43. The third kappa shape index (κ3) is 3.98. The second kappa shape index (κ2) is 7.45. The van der Waals surface area contributed by atoms with Crippen LogP contribution < -0.4 is 10.5 Å². The Labute approximate surface area is 161 Å². The summed E-state index contributed by atoms with van der Waals surface area (Å²) in [5.74, 6) is 0.588. The highest BCUT2D eigenvalue weighted by atomic mass is 32.1. The van der Waals surface area contributed by atoms with E-state index in [0.717, 1.165) is 0 Å². The summed E-state index contributed by atoms with van der Waals surface area (Å²) in [5, 5.41) is 12.8. The largest absolute Gasteiger partial charge is 0.497 e. The van der Waals surface area contributed by atoms with E-state index in [1.165, 1.54) is 18.4 Å². The van der Waals surface area contributed by atoms with Crippen LogP contribution in [-0.4, -0.2) is 22.0 Å². The molecule has 0 amide bonds. The first-order valence-corrected chi connectivity index (χ1v) is 8.69. The van der Waals surface area contributed by atoms with Gasteiger partial charge in [0.2, 0.25) is 0 Å². The first kappa shape index (κ1) is 19.0. The number of alkyl halides is 3. The fourth-order valence-corrected chi connectivity index (χ4v) is 3.10. The van der Waals surface area contributed by atoms with Crippen LogP contribution in [0.5, 0.6) is 5.75 Å².